The molecule has 5 nitrogen and oxygen atoms in total. The van der Waals surface area contributed by atoms with Crippen molar-refractivity contribution < 1.29 is 22.8 Å². The molecule has 1 unspecified atom stereocenters. The molecule has 0 spiro atoms. The minimum Gasteiger partial charge on any atom is -0.333 e. The van der Waals surface area contributed by atoms with E-state index in [1.807, 2.05) is 13.8 Å². The van der Waals surface area contributed by atoms with Gasteiger partial charge in [-0.1, -0.05) is 32.0 Å². The standard InChI is InChI=1S/C19H22F3N3O2/c1-11(2)8-9-25-10-14-15(17(25)26)16(23-18(27)24(14)3)12-6-4-5-7-13(12)19(20,21)22/h4-7,11,16H,8-10H2,1-3H3,(H,23,27). The molecule has 0 aliphatic carbocycles. The Bertz CT molecular complexity index is 802. The SMILES string of the molecule is CC(C)CCN1CC2=C(C1=O)C(c1ccccc1C(F)(F)F)NC(=O)N2C. The number of halogens is 3. The number of nitrogens with one attached hydrogen (secondary N) is 1. The van der Waals surface area contributed by atoms with Crippen molar-refractivity contribution in [3.8, 4) is 0 Å². The average Bonchev–Trinajstić information content (AvgIpc) is 2.92. The zero-order valence-electron chi connectivity index (χ0n) is 15.4. The third-order valence-electron chi connectivity index (χ3n) is 4.99. The summed E-state index contributed by atoms with van der Waals surface area (Å²) in [6.07, 6.45) is -3.80. The minimum atomic E-state index is -4.58. The van der Waals surface area contributed by atoms with E-state index in [9.17, 15) is 22.8 Å². The van der Waals surface area contributed by atoms with Crippen molar-refractivity contribution in [3.63, 3.8) is 0 Å². The first-order chi connectivity index (χ1) is 12.6. The molecule has 8 heteroatoms. The Hall–Kier alpha value is -2.51. The summed E-state index contributed by atoms with van der Waals surface area (Å²) in [4.78, 5) is 28.2. The van der Waals surface area contributed by atoms with Crippen molar-refractivity contribution >= 4 is 11.9 Å². The number of hydrogen-bond donors (Lipinski definition) is 1. The number of nitrogens with zero attached hydrogens (tertiary/aromatic N) is 2. The molecule has 3 rings (SSSR count). The van der Waals surface area contributed by atoms with E-state index >= 15 is 0 Å². The highest BCUT2D eigenvalue weighted by molar-refractivity contribution is 6.01. The molecule has 0 saturated heterocycles. The van der Waals surface area contributed by atoms with Gasteiger partial charge in [0.1, 0.15) is 0 Å². The van der Waals surface area contributed by atoms with Gasteiger partial charge in [-0.25, -0.2) is 4.79 Å². The first kappa shape index (κ1) is 19.3. The normalized spacial score (nSPS) is 20.5. The molecule has 2 aliphatic heterocycles. The number of amides is 3. The number of carbonyl (C=O) groups excluding carboxylic acids is 2. The first-order valence-electron chi connectivity index (χ1n) is 8.84. The van der Waals surface area contributed by atoms with Crippen molar-refractivity contribution in [2.75, 3.05) is 20.1 Å². The fourth-order valence-corrected chi connectivity index (χ4v) is 3.46. The van der Waals surface area contributed by atoms with Gasteiger partial charge in [-0.2, -0.15) is 13.2 Å². The number of benzene rings is 1. The topological polar surface area (TPSA) is 52.7 Å². The number of carbonyl (C=O) groups is 2. The second-order valence-corrected chi connectivity index (χ2v) is 7.30. The Kier molecular flexibility index (Phi) is 4.92. The summed E-state index contributed by atoms with van der Waals surface area (Å²) in [5, 5.41) is 2.56. The molecule has 0 radical (unpaired) electrons. The van der Waals surface area contributed by atoms with Gasteiger partial charge in [0.05, 0.1) is 29.4 Å². The highest BCUT2D eigenvalue weighted by Crippen LogP contribution is 2.41. The number of likely N-dealkylation sites (N-methyl/N-ethyl adjacent to an activating group) is 1. The van der Waals surface area contributed by atoms with Crippen LogP contribution in [0, 0.1) is 5.92 Å². The summed E-state index contributed by atoms with van der Waals surface area (Å²) >= 11 is 0. The molecular weight excluding hydrogens is 359 g/mol. The van der Waals surface area contributed by atoms with Crippen LogP contribution in [0.3, 0.4) is 0 Å². The van der Waals surface area contributed by atoms with Gasteiger partial charge in [0, 0.05) is 13.6 Å². The van der Waals surface area contributed by atoms with Crippen LogP contribution in [-0.2, 0) is 11.0 Å². The van der Waals surface area contributed by atoms with E-state index in [-0.39, 0.29) is 23.6 Å². The van der Waals surface area contributed by atoms with E-state index in [1.54, 1.807) is 4.90 Å². The van der Waals surface area contributed by atoms with Crippen LogP contribution in [-0.4, -0.2) is 41.9 Å². The summed E-state index contributed by atoms with van der Waals surface area (Å²) in [6, 6.07) is 3.42. The quantitative estimate of drug-likeness (QED) is 0.867. The first-order valence-corrected chi connectivity index (χ1v) is 8.84. The van der Waals surface area contributed by atoms with Crippen molar-refractivity contribution in [2.24, 2.45) is 5.92 Å². The number of rotatable bonds is 4. The van der Waals surface area contributed by atoms with Crippen molar-refractivity contribution in [3.05, 3.63) is 46.7 Å². The van der Waals surface area contributed by atoms with Crippen molar-refractivity contribution in [2.45, 2.75) is 32.5 Å². The molecule has 1 aromatic rings. The van der Waals surface area contributed by atoms with Crippen LogP contribution in [0.5, 0.6) is 0 Å². The lowest BCUT2D eigenvalue weighted by molar-refractivity contribution is -0.138. The van der Waals surface area contributed by atoms with Crippen molar-refractivity contribution in [1.29, 1.82) is 0 Å². The van der Waals surface area contributed by atoms with Crippen LogP contribution >= 0.6 is 0 Å². The van der Waals surface area contributed by atoms with Crippen LogP contribution in [0.1, 0.15) is 37.4 Å². The molecule has 0 fully saturated rings. The second-order valence-electron chi connectivity index (χ2n) is 7.30. The fourth-order valence-electron chi connectivity index (χ4n) is 3.46. The smallest absolute Gasteiger partial charge is 0.333 e. The third-order valence-corrected chi connectivity index (χ3v) is 4.99. The molecule has 3 amide bonds. The summed E-state index contributed by atoms with van der Waals surface area (Å²) in [5.41, 5.74) is -0.273. The average molecular weight is 381 g/mol. The lowest BCUT2D eigenvalue weighted by atomic mass is 9.92. The fraction of sp³-hybridized carbons (Fsp3) is 0.474. The Morgan fingerprint density at radius 1 is 1.22 bits per heavy atom. The molecule has 1 N–H and O–H groups in total. The largest absolute Gasteiger partial charge is 0.416 e. The molecule has 2 aliphatic rings. The molecule has 1 aromatic carbocycles. The lowest BCUT2D eigenvalue weighted by Gasteiger charge is -2.32. The van der Waals surface area contributed by atoms with Crippen molar-refractivity contribution in [1.82, 2.24) is 15.1 Å². The van der Waals surface area contributed by atoms with Gasteiger partial charge < -0.3 is 10.2 Å². The van der Waals surface area contributed by atoms with Gasteiger partial charge in [-0.05, 0) is 24.0 Å². The summed E-state index contributed by atoms with van der Waals surface area (Å²) in [6.45, 7) is 4.80. The number of alkyl halides is 3. The number of urea groups is 1. The van der Waals surface area contributed by atoms with E-state index in [0.717, 1.165) is 12.5 Å². The van der Waals surface area contributed by atoms with Crippen LogP contribution in [0.25, 0.3) is 0 Å². The highest BCUT2D eigenvalue weighted by Gasteiger charge is 2.45. The predicted octanol–water partition coefficient (Wildman–Crippen LogP) is 3.54. The van der Waals surface area contributed by atoms with E-state index in [1.165, 1.54) is 30.1 Å². The number of hydrogen-bond acceptors (Lipinski definition) is 2. The van der Waals surface area contributed by atoms with Gasteiger partial charge in [0.15, 0.2) is 0 Å². The van der Waals surface area contributed by atoms with E-state index in [4.69, 9.17) is 0 Å². The zero-order chi connectivity index (χ0) is 19.9. The molecule has 2 heterocycles. The van der Waals surface area contributed by atoms with E-state index < -0.39 is 23.8 Å². The van der Waals surface area contributed by atoms with E-state index in [0.29, 0.717) is 18.2 Å². The van der Waals surface area contributed by atoms with E-state index in [2.05, 4.69) is 5.32 Å². The molecule has 0 bridgehead atoms. The van der Waals surface area contributed by atoms with Gasteiger partial charge in [-0.3, -0.25) is 9.69 Å². The molecule has 146 valence electrons. The van der Waals surface area contributed by atoms with Gasteiger partial charge in [0.25, 0.3) is 5.91 Å². The molecule has 27 heavy (non-hydrogen) atoms. The van der Waals surface area contributed by atoms with Crippen LogP contribution < -0.4 is 5.32 Å². The maximum absolute atomic E-state index is 13.5. The van der Waals surface area contributed by atoms with Crippen LogP contribution in [0.2, 0.25) is 0 Å². The molecule has 1 atom stereocenters. The minimum absolute atomic E-state index is 0.113. The van der Waals surface area contributed by atoms with Crippen LogP contribution in [0.4, 0.5) is 18.0 Å². The Balaban J connectivity index is 2.03. The monoisotopic (exact) mass is 381 g/mol. The Labute approximate surface area is 155 Å². The molecule has 0 aromatic heterocycles. The third kappa shape index (κ3) is 3.52. The van der Waals surface area contributed by atoms with Gasteiger partial charge in [0.2, 0.25) is 0 Å². The zero-order valence-corrected chi connectivity index (χ0v) is 15.4. The summed E-state index contributed by atoms with van der Waals surface area (Å²) < 4.78 is 40.4. The van der Waals surface area contributed by atoms with Gasteiger partial charge in [-0.15, -0.1) is 0 Å². The second kappa shape index (κ2) is 6.90. The maximum Gasteiger partial charge on any atom is 0.416 e. The molecule has 0 saturated carbocycles. The highest BCUT2D eigenvalue weighted by atomic mass is 19.4. The predicted molar refractivity (Wildman–Crippen MR) is 93.5 cm³/mol. The maximum atomic E-state index is 13.5. The van der Waals surface area contributed by atoms with Crippen LogP contribution in [0.15, 0.2) is 35.5 Å². The Morgan fingerprint density at radius 3 is 2.52 bits per heavy atom. The summed E-state index contributed by atoms with van der Waals surface area (Å²) in [5.74, 6) is 0.0640. The summed E-state index contributed by atoms with van der Waals surface area (Å²) in [7, 11) is 1.52. The molecular formula is C19H22F3N3O2. The van der Waals surface area contributed by atoms with Gasteiger partial charge >= 0.3 is 12.2 Å². The lowest BCUT2D eigenvalue weighted by Crippen LogP contribution is -2.45. The Morgan fingerprint density at radius 2 is 1.89 bits per heavy atom.